The summed E-state index contributed by atoms with van der Waals surface area (Å²) in [6.45, 7) is 0.404. The van der Waals surface area contributed by atoms with Crippen molar-refractivity contribution in [2.45, 2.75) is 25.8 Å². The fraction of sp³-hybridized carbons (Fsp3) is 0.667. The van der Waals surface area contributed by atoms with E-state index in [1.807, 2.05) is 13.2 Å². The second-order valence-corrected chi connectivity index (χ2v) is 5.15. The summed E-state index contributed by atoms with van der Waals surface area (Å²) in [5.74, 6) is 2.27. The van der Waals surface area contributed by atoms with Crippen molar-refractivity contribution < 1.29 is 4.79 Å². The smallest absolute Gasteiger partial charge is 0.229 e. The van der Waals surface area contributed by atoms with Gasteiger partial charge in [0.2, 0.25) is 5.91 Å². The van der Waals surface area contributed by atoms with Gasteiger partial charge in [0.05, 0.1) is 0 Å². The van der Waals surface area contributed by atoms with Crippen LogP contribution in [0.2, 0.25) is 0 Å². The fourth-order valence-corrected chi connectivity index (χ4v) is 3.20. The molecule has 2 aliphatic rings. The van der Waals surface area contributed by atoms with Crippen LogP contribution < -0.4 is 11.1 Å². The van der Waals surface area contributed by atoms with Gasteiger partial charge >= 0.3 is 0 Å². The first-order valence-corrected chi connectivity index (χ1v) is 6.24. The third-order valence-corrected chi connectivity index (χ3v) is 4.08. The number of anilines is 1. The van der Waals surface area contributed by atoms with Gasteiger partial charge in [0, 0.05) is 31.3 Å². The van der Waals surface area contributed by atoms with Crippen molar-refractivity contribution in [2.75, 3.05) is 5.32 Å². The lowest BCUT2D eigenvalue weighted by Crippen LogP contribution is -2.18. The molecule has 92 valence electrons. The summed E-state index contributed by atoms with van der Waals surface area (Å²) in [7, 11) is 1.83. The van der Waals surface area contributed by atoms with E-state index in [1.165, 1.54) is 19.3 Å². The molecule has 2 fully saturated rings. The van der Waals surface area contributed by atoms with Crippen LogP contribution in [0.15, 0.2) is 6.20 Å². The summed E-state index contributed by atoms with van der Waals surface area (Å²) in [6.07, 6.45) is 5.57. The van der Waals surface area contributed by atoms with Gasteiger partial charge in [-0.05, 0) is 24.7 Å². The average Bonchev–Trinajstić information content (AvgIpc) is 2.66. The van der Waals surface area contributed by atoms with E-state index in [-0.39, 0.29) is 11.8 Å². The molecule has 1 amide bonds. The summed E-state index contributed by atoms with van der Waals surface area (Å²) in [4.78, 5) is 12.1. The van der Waals surface area contributed by atoms with Gasteiger partial charge in [0.15, 0.2) is 5.82 Å². The number of carbonyl (C=O) groups excluding carboxylic acids is 1. The molecule has 0 radical (unpaired) electrons. The lowest BCUT2D eigenvalue weighted by molar-refractivity contribution is -0.118. The van der Waals surface area contributed by atoms with Crippen LogP contribution in [0, 0.1) is 17.8 Å². The average molecular weight is 234 g/mol. The van der Waals surface area contributed by atoms with Crippen LogP contribution in [0.5, 0.6) is 0 Å². The molecule has 1 heterocycles. The minimum atomic E-state index is 0.133. The Hall–Kier alpha value is -1.36. The molecule has 5 nitrogen and oxygen atoms in total. The minimum Gasteiger partial charge on any atom is -0.326 e. The Balaban J connectivity index is 1.68. The monoisotopic (exact) mass is 234 g/mol. The Labute approximate surface area is 100 Å². The second kappa shape index (κ2) is 3.84. The number of nitrogens with zero attached hydrogens (tertiary/aromatic N) is 2. The lowest BCUT2D eigenvalue weighted by Gasteiger charge is -2.05. The number of carbonyl (C=O) groups is 1. The number of hydrogen-bond acceptors (Lipinski definition) is 3. The molecular weight excluding hydrogens is 216 g/mol. The van der Waals surface area contributed by atoms with Crippen LogP contribution in [0.25, 0.3) is 0 Å². The van der Waals surface area contributed by atoms with Gasteiger partial charge in [-0.2, -0.15) is 5.10 Å². The molecule has 0 aromatic carbocycles. The Morgan fingerprint density at radius 3 is 2.94 bits per heavy atom. The maximum atomic E-state index is 12.1. The Morgan fingerprint density at radius 2 is 2.29 bits per heavy atom. The highest BCUT2D eigenvalue weighted by Gasteiger charge is 2.56. The molecule has 0 aliphatic heterocycles. The highest BCUT2D eigenvalue weighted by Crippen LogP contribution is 2.57. The highest BCUT2D eigenvalue weighted by atomic mass is 16.2. The molecule has 2 saturated carbocycles. The zero-order valence-corrected chi connectivity index (χ0v) is 10.0. The maximum absolute atomic E-state index is 12.1. The van der Waals surface area contributed by atoms with Crippen LogP contribution in [-0.2, 0) is 18.4 Å². The summed E-state index contributed by atoms with van der Waals surface area (Å²) < 4.78 is 1.69. The van der Waals surface area contributed by atoms with Gasteiger partial charge in [0.25, 0.3) is 0 Å². The van der Waals surface area contributed by atoms with Crippen molar-refractivity contribution in [1.29, 1.82) is 0 Å². The number of aromatic nitrogens is 2. The second-order valence-electron chi connectivity index (χ2n) is 5.15. The molecule has 5 heteroatoms. The molecule has 3 N–H and O–H groups in total. The third-order valence-electron chi connectivity index (χ3n) is 4.08. The zero-order valence-electron chi connectivity index (χ0n) is 10.0. The van der Waals surface area contributed by atoms with Gasteiger partial charge in [-0.25, -0.2) is 0 Å². The fourth-order valence-electron chi connectivity index (χ4n) is 3.20. The number of rotatable bonds is 3. The zero-order chi connectivity index (χ0) is 12.0. The van der Waals surface area contributed by atoms with E-state index in [0.29, 0.717) is 24.2 Å². The van der Waals surface area contributed by atoms with E-state index >= 15 is 0 Å². The molecular formula is C12H18N4O. The largest absolute Gasteiger partial charge is 0.326 e. The first kappa shape index (κ1) is 10.8. The number of fused-ring (bicyclic) bond motifs is 1. The molecule has 0 bridgehead atoms. The van der Waals surface area contributed by atoms with Crippen LogP contribution in [0.4, 0.5) is 5.82 Å². The van der Waals surface area contributed by atoms with E-state index in [2.05, 4.69) is 10.4 Å². The molecule has 2 aliphatic carbocycles. The quantitative estimate of drug-likeness (QED) is 0.814. The highest BCUT2D eigenvalue weighted by molar-refractivity contribution is 5.94. The van der Waals surface area contributed by atoms with Crippen molar-refractivity contribution in [3.8, 4) is 0 Å². The van der Waals surface area contributed by atoms with E-state index in [0.717, 1.165) is 5.56 Å². The van der Waals surface area contributed by atoms with Gasteiger partial charge < -0.3 is 11.1 Å². The lowest BCUT2D eigenvalue weighted by atomic mass is 10.1. The summed E-state index contributed by atoms with van der Waals surface area (Å²) in [5.41, 5.74) is 6.51. The van der Waals surface area contributed by atoms with Crippen molar-refractivity contribution in [3.63, 3.8) is 0 Å². The SMILES string of the molecule is Cn1cc(CN)c(NC(=O)C2C3CCCC32)n1. The van der Waals surface area contributed by atoms with E-state index in [1.54, 1.807) is 4.68 Å². The number of hydrogen-bond donors (Lipinski definition) is 2. The third kappa shape index (κ3) is 1.74. The van der Waals surface area contributed by atoms with Crippen molar-refractivity contribution in [2.24, 2.45) is 30.5 Å². The maximum Gasteiger partial charge on any atom is 0.229 e. The van der Waals surface area contributed by atoms with Crippen LogP contribution in [-0.4, -0.2) is 15.7 Å². The Morgan fingerprint density at radius 1 is 1.59 bits per heavy atom. The van der Waals surface area contributed by atoms with Gasteiger partial charge in [-0.1, -0.05) is 6.42 Å². The first-order chi connectivity index (χ1) is 8.20. The number of aryl methyl sites for hydroxylation is 1. The van der Waals surface area contributed by atoms with E-state index in [4.69, 9.17) is 5.73 Å². The van der Waals surface area contributed by atoms with Crippen LogP contribution in [0.1, 0.15) is 24.8 Å². The van der Waals surface area contributed by atoms with Crippen molar-refractivity contribution in [3.05, 3.63) is 11.8 Å². The predicted octanol–water partition coefficient (Wildman–Crippen LogP) is 0.863. The van der Waals surface area contributed by atoms with Crippen molar-refractivity contribution in [1.82, 2.24) is 9.78 Å². The molecule has 3 rings (SSSR count). The van der Waals surface area contributed by atoms with Crippen molar-refractivity contribution >= 4 is 11.7 Å². The van der Waals surface area contributed by atoms with E-state index in [9.17, 15) is 4.79 Å². The number of nitrogens with one attached hydrogen (secondary N) is 1. The summed E-state index contributed by atoms with van der Waals surface area (Å²) in [5, 5.41) is 7.15. The topological polar surface area (TPSA) is 72.9 Å². The van der Waals surface area contributed by atoms with Gasteiger partial charge in [-0.15, -0.1) is 0 Å². The Kier molecular flexibility index (Phi) is 2.43. The molecule has 0 spiro atoms. The molecule has 17 heavy (non-hydrogen) atoms. The van der Waals surface area contributed by atoms with Crippen LogP contribution in [0.3, 0.4) is 0 Å². The summed E-state index contributed by atoms with van der Waals surface area (Å²) in [6, 6.07) is 0. The Bertz CT molecular complexity index is 443. The molecule has 2 unspecified atom stereocenters. The van der Waals surface area contributed by atoms with Crippen LogP contribution >= 0.6 is 0 Å². The summed E-state index contributed by atoms with van der Waals surface area (Å²) >= 11 is 0. The standard InChI is InChI=1S/C12H18N4O/c1-16-6-7(5-13)11(15-16)14-12(17)10-8-3-2-4-9(8)10/h6,8-10H,2-5,13H2,1H3,(H,14,15,17). The van der Waals surface area contributed by atoms with Gasteiger partial charge in [0.1, 0.15) is 0 Å². The number of nitrogens with two attached hydrogens (primary N) is 1. The predicted molar refractivity (Wildman–Crippen MR) is 64.1 cm³/mol. The molecule has 1 aromatic rings. The minimum absolute atomic E-state index is 0.133. The molecule has 0 saturated heterocycles. The van der Waals surface area contributed by atoms with E-state index < -0.39 is 0 Å². The number of amides is 1. The molecule has 1 aromatic heterocycles. The van der Waals surface area contributed by atoms with Gasteiger partial charge in [-0.3, -0.25) is 9.48 Å². The molecule has 2 atom stereocenters. The normalized spacial score (nSPS) is 30.1. The first-order valence-electron chi connectivity index (χ1n) is 6.24.